The molecule has 1 N–H and O–H groups in total. The monoisotopic (exact) mass is 314 g/mol. The number of aromatic nitrogens is 3. The fraction of sp³-hybridized carbons (Fsp3) is 0.375. The van der Waals surface area contributed by atoms with Crippen molar-refractivity contribution >= 4 is 11.9 Å². The van der Waals surface area contributed by atoms with Crippen LogP contribution in [0.4, 0.5) is 0 Å². The summed E-state index contributed by atoms with van der Waals surface area (Å²) in [6.45, 7) is 4.06. The molecule has 0 aliphatic carbocycles. The maximum absolute atomic E-state index is 12.9. The van der Waals surface area contributed by atoms with Crippen molar-refractivity contribution in [2.75, 3.05) is 0 Å². The van der Waals surface area contributed by atoms with Crippen LogP contribution in [-0.4, -0.2) is 42.7 Å². The Morgan fingerprint density at radius 2 is 2.04 bits per heavy atom. The number of fused-ring (bicyclic) bond motifs is 1. The van der Waals surface area contributed by atoms with Gasteiger partial charge >= 0.3 is 5.97 Å². The molecule has 1 unspecified atom stereocenters. The maximum Gasteiger partial charge on any atom is 0.328 e. The first kappa shape index (κ1) is 15.2. The van der Waals surface area contributed by atoms with E-state index in [0.29, 0.717) is 23.6 Å². The second-order valence-electron chi connectivity index (χ2n) is 5.57. The molecule has 1 aliphatic rings. The molecule has 0 fully saturated rings. The van der Waals surface area contributed by atoms with Crippen LogP contribution in [0.3, 0.4) is 0 Å². The molecule has 23 heavy (non-hydrogen) atoms. The van der Waals surface area contributed by atoms with Crippen LogP contribution in [-0.2, 0) is 24.3 Å². The summed E-state index contributed by atoms with van der Waals surface area (Å²) in [5, 5.41) is 17.6. The zero-order valence-electron chi connectivity index (χ0n) is 13.1. The molecule has 1 amide bonds. The third kappa shape index (κ3) is 2.58. The molecule has 0 spiro atoms. The van der Waals surface area contributed by atoms with Crippen LogP contribution < -0.4 is 0 Å². The highest BCUT2D eigenvalue weighted by Crippen LogP contribution is 2.22. The molecule has 1 aromatic carbocycles. The lowest BCUT2D eigenvalue weighted by Gasteiger charge is -2.33. The molecular weight excluding hydrogens is 296 g/mol. The lowest BCUT2D eigenvalue weighted by Crippen LogP contribution is -2.50. The van der Waals surface area contributed by atoms with Gasteiger partial charge in [-0.2, -0.15) is 0 Å². The quantitative estimate of drug-likeness (QED) is 0.921. The van der Waals surface area contributed by atoms with Gasteiger partial charge in [-0.3, -0.25) is 4.79 Å². The van der Waals surface area contributed by atoms with E-state index in [1.54, 1.807) is 23.6 Å². The molecule has 2 aromatic rings. The maximum atomic E-state index is 12.9. The molecule has 7 nitrogen and oxygen atoms in total. The van der Waals surface area contributed by atoms with Crippen molar-refractivity contribution in [3.63, 3.8) is 0 Å². The van der Waals surface area contributed by atoms with Gasteiger partial charge in [0, 0.05) is 5.56 Å². The van der Waals surface area contributed by atoms with Crippen molar-refractivity contribution in [3.05, 3.63) is 47.0 Å². The van der Waals surface area contributed by atoms with Crippen LogP contribution in [0, 0.1) is 6.92 Å². The Bertz CT molecular complexity index is 768. The second-order valence-corrected chi connectivity index (χ2v) is 5.57. The van der Waals surface area contributed by atoms with Gasteiger partial charge in [-0.15, -0.1) is 10.2 Å². The Morgan fingerprint density at radius 1 is 1.30 bits per heavy atom. The van der Waals surface area contributed by atoms with Crippen LogP contribution >= 0.6 is 0 Å². The average Bonchev–Trinajstić information content (AvgIpc) is 2.93. The zero-order valence-corrected chi connectivity index (χ0v) is 13.1. The Kier molecular flexibility index (Phi) is 3.85. The summed E-state index contributed by atoms with van der Waals surface area (Å²) in [5.74, 6) is -0.0255. The van der Waals surface area contributed by atoms with Gasteiger partial charge in [0.05, 0.1) is 13.1 Å². The smallest absolute Gasteiger partial charge is 0.328 e. The molecule has 1 atom stereocenters. The van der Waals surface area contributed by atoms with E-state index in [1.807, 2.05) is 19.1 Å². The summed E-state index contributed by atoms with van der Waals surface area (Å²) in [6.07, 6.45) is 0.711. The highest BCUT2D eigenvalue weighted by molar-refractivity contribution is 5.98. The Labute approximate surface area is 133 Å². The number of amides is 1. The van der Waals surface area contributed by atoms with Crippen molar-refractivity contribution in [1.82, 2.24) is 19.7 Å². The number of rotatable bonds is 3. The summed E-state index contributed by atoms with van der Waals surface area (Å²) < 4.78 is 1.76. The van der Waals surface area contributed by atoms with E-state index < -0.39 is 12.0 Å². The third-order valence-electron chi connectivity index (χ3n) is 4.23. The van der Waals surface area contributed by atoms with E-state index in [9.17, 15) is 14.7 Å². The van der Waals surface area contributed by atoms with Crippen molar-refractivity contribution in [2.24, 2.45) is 0 Å². The van der Waals surface area contributed by atoms with Crippen molar-refractivity contribution in [2.45, 2.75) is 39.4 Å². The number of nitrogens with zero attached hydrogens (tertiary/aromatic N) is 4. The standard InChI is InChI=1S/C16H18N4O3/c1-3-11-6-4-5-7-12(11)15(21)20-9-14-18-17-10(2)19(14)8-13(20)16(22)23/h4-7,13H,3,8-9H2,1-2H3,(H,22,23). The molecule has 0 saturated carbocycles. The van der Waals surface area contributed by atoms with Crippen molar-refractivity contribution < 1.29 is 14.7 Å². The number of benzene rings is 1. The zero-order chi connectivity index (χ0) is 16.6. The minimum atomic E-state index is -1.02. The number of hydrogen-bond donors (Lipinski definition) is 1. The highest BCUT2D eigenvalue weighted by atomic mass is 16.4. The molecule has 1 aliphatic heterocycles. The highest BCUT2D eigenvalue weighted by Gasteiger charge is 2.37. The van der Waals surface area contributed by atoms with Gasteiger partial charge in [0.1, 0.15) is 11.9 Å². The predicted octanol–water partition coefficient (Wildman–Crippen LogP) is 1.26. The fourth-order valence-electron chi connectivity index (χ4n) is 2.93. The normalized spacial score (nSPS) is 17.0. The van der Waals surface area contributed by atoms with Crippen LogP contribution in [0.1, 0.15) is 34.5 Å². The predicted molar refractivity (Wildman–Crippen MR) is 81.9 cm³/mol. The minimum absolute atomic E-state index is 0.148. The summed E-state index contributed by atoms with van der Waals surface area (Å²) in [6, 6.07) is 6.37. The van der Waals surface area contributed by atoms with E-state index in [-0.39, 0.29) is 19.0 Å². The van der Waals surface area contributed by atoms with Crippen LogP contribution in [0.5, 0.6) is 0 Å². The Morgan fingerprint density at radius 3 is 2.74 bits per heavy atom. The van der Waals surface area contributed by atoms with Gasteiger partial charge in [-0.1, -0.05) is 25.1 Å². The van der Waals surface area contributed by atoms with Gasteiger partial charge in [-0.05, 0) is 25.0 Å². The lowest BCUT2D eigenvalue weighted by molar-refractivity contribution is -0.143. The van der Waals surface area contributed by atoms with Crippen LogP contribution in [0.15, 0.2) is 24.3 Å². The molecule has 0 saturated heterocycles. The van der Waals surface area contributed by atoms with Gasteiger partial charge in [-0.25, -0.2) is 4.79 Å². The first-order valence-corrected chi connectivity index (χ1v) is 7.53. The van der Waals surface area contributed by atoms with Crippen LogP contribution in [0.2, 0.25) is 0 Å². The van der Waals surface area contributed by atoms with Gasteiger partial charge in [0.25, 0.3) is 5.91 Å². The Balaban J connectivity index is 2.00. The summed E-state index contributed by atoms with van der Waals surface area (Å²) in [7, 11) is 0. The topological polar surface area (TPSA) is 88.3 Å². The molecule has 120 valence electrons. The summed E-state index contributed by atoms with van der Waals surface area (Å²) in [4.78, 5) is 25.9. The SMILES string of the molecule is CCc1ccccc1C(=O)N1Cc2nnc(C)n2CC1C(=O)O. The number of carbonyl (C=O) groups excluding carboxylic acids is 1. The second kappa shape index (κ2) is 5.83. The summed E-state index contributed by atoms with van der Waals surface area (Å²) in [5.41, 5.74) is 1.45. The first-order chi connectivity index (χ1) is 11.0. The number of aryl methyl sites for hydroxylation is 2. The third-order valence-corrected chi connectivity index (χ3v) is 4.23. The molecule has 7 heteroatoms. The molecule has 0 radical (unpaired) electrons. The van der Waals surface area contributed by atoms with Gasteiger partial charge in [0.15, 0.2) is 5.82 Å². The number of hydrogen-bond acceptors (Lipinski definition) is 4. The average molecular weight is 314 g/mol. The molecule has 3 rings (SSSR count). The van der Waals surface area contributed by atoms with E-state index in [4.69, 9.17) is 0 Å². The molecule has 2 heterocycles. The molecule has 0 bridgehead atoms. The van der Waals surface area contributed by atoms with Crippen LogP contribution in [0.25, 0.3) is 0 Å². The van der Waals surface area contributed by atoms with Gasteiger partial charge in [0.2, 0.25) is 0 Å². The minimum Gasteiger partial charge on any atom is -0.480 e. The fourth-order valence-corrected chi connectivity index (χ4v) is 2.93. The number of carbonyl (C=O) groups is 2. The first-order valence-electron chi connectivity index (χ1n) is 7.53. The molecule has 1 aromatic heterocycles. The molecular formula is C16H18N4O3. The largest absolute Gasteiger partial charge is 0.480 e. The number of carboxylic acid groups (broad SMARTS) is 1. The van der Waals surface area contributed by atoms with Crippen molar-refractivity contribution in [1.29, 1.82) is 0 Å². The Hall–Kier alpha value is -2.70. The lowest BCUT2D eigenvalue weighted by atomic mass is 10.0. The van der Waals surface area contributed by atoms with Gasteiger partial charge < -0.3 is 14.6 Å². The van der Waals surface area contributed by atoms with Crippen molar-refractivity contribution in [3.8, 4) is 0 Å². The van der Waals surface area contributed by atoms with E-state index >= 15 is 0 Å². The summed E-state index contributed by atoms with van der Waals surface area (Å²) >= 11 is 0. The van der Waals surface area contributed by atoms with E-state index in [2.05, 4.69) is 10.2 Å². The van der Waals surface area contributed by atoms with E-state index in [0.717, 1.165) is 5.56 Å². The number of carboxylic acids is 1. The number of aliphatic carboxylic acids is 1. The van der Waals surface area contributed by atoms with E-state index in [1.165, 1.54) is 4.90 Å².